The van der Waals surface area contributed by atoms with Crippen LogP contribution in [0.25, 0.3) is 0 Å². The second-order valence-corrected chi connectivity index (χ2v) is 10.4. The summed E-state index contributed by atoms with van der Waals surface area (Å²) in [6.07, 6.45) is 1.22. The third-order valence-electron chi connectivity index (χ3n) is 3.06. The average Bonchev–Trinajstić information content (AvgIpc) is 2.56. The van der Waals surface area contributed by atoms with Gasteiger partial charge in [0.05, 0.1) is 6.10 Å². The first-order valence-electron chi connectivity index (χ1n) is 5.43. The van der Waals surface area contributed by atoms with Crippen molar-refractivity contribution in [1.82, 2.24) is 9.99 Å². The number of likely N-dealkylation sites (N-methyl/N-ethyl adjacent to an activating group) is 1. The molecule has 1 fully saturated rings. The van der Waals surface area contributed by atoms with Crippen LogP contribution in [0.2, 0.25) is 0 Å². The molecule has 7 heteroatoms. The van der Waals surface area contributed by atoms with Crippen molar-refractivity contribution in [3.63, 3.8) is 0 Å². The molecule has 0 aliphatic carbocycles. The lowest BCUT2D eigenvalue weighted by atomic mass is 9.96. The molecule has 0 saturated carbocycles. The first-order valence-corrected chi connectivity index (χ1v) is 9.96. The number of amides is 1. The molecule has 2 N–H and O–H groups in total. The molecule has 1 heterocycles. The lowest BCUT2D eigenvalue weighted by Gasteiger charge is -2.23. The minimum Gasteiger partial charge on any atom is -0.392 e. The van der Waals surface area contributed by atoms with E-state index in [0.717, 1.165) is 19.4 Å². The van der Waals surface area contributed by atoms with Gasteiger partial charge in [0.2, 0.25) is 5.91 Å². The lowest BCUT2D eigenvalue weighted by Crippen LogP contribution is -2.38. The van der Waals surface area contributed by atoms with Crippen LogP contribution in [0.4, 0.5) is 0 Å². The van der Waals surface area contributed by atoms with Crippen LogP contribution in [0.15, 0.2) is 0 Å². The van der Waals surface area contributed by atoms with Crippen molar-refractivity contribution in [3.05, 3.63) is 0 Å². The fourth-order valence-corrected chi connectivity index (χ4v) is 4.15. The Morgan fingerprint density at radius 3 is 2.69 bits per heavy atom. The van der Waals surface area contributed by atoms with Gasteiger partial charge in [-0.25, -0.2) is 0 Å². The largest absolute Gasteiger partial charge is 0.392 e. The predicted molar refractivity (Wildman–Crippen MR) is 75.3 cm³/mol. The first kappa shape index (κ1) is 14.7. The summed E-state index contributed by atoms with van der Waals surface area (Å²) in [5.41, 5.74) is 0. The Bertz CT molecular complexity index is 251. The second-order valence-electron chi connectivity index (χ2n) is 4.20. The van der Waals surface area contributed by atoms with Gasteiger partial charge in [-0.3, -0.25) is 4.79 Å². The number of nitrogens with one attached hydrogen (secondary N) is 1. The molecule has 1 saturated heterocycles. The van der Waals surface area contributed by atoms with E-state index < -0.39 is 13.6 Å². The van der Waals surface area contributed by atoms with E-state index in [2.05, 4.69) is 23.2 Å². The van der Waals surface area contributed by atoms with Crippen LogP contribution >= 0.6 is 25.3 Å². The van der Waals surface area contributed by atoms with Crippen molar-refractivity contribution in [2.75, 3.05) is 13.6 Å². The van der Waals surface area contributed by atoms with Gasteiger partial charge in [0.15, 0.2) is 0 Å². The summed E-state index contributed by atoms with van der Waals surface area (Å²) in [5.74, 6) is 0.301. The van der Waals surface area contributed by atoms with Crippen molar-refractivity contribution < 1.29 is 9.90 Å². The maximum absolute atomic E-state index is 12.0. The van der Waals surface area contributed by atoms with Gasteiger partial charge in [-0.2, -0.15) is 0 Å². The molecule has 0 bridgehead atoms. The van der Waals surface area contributed by atoms with Gasteiger partial charge in [0.25, 0.3) is 0 Å². The molecule has 1 rings (SSSR count). The summed E-state index contributed by atoms with van der Waals surface area (Å²) in [5, 5.41) is 12.6. The molecule has 4 nitrogen and oxygen atoms in total. The average molecular weight is 282 g/mol. The van der Waals surface area contributed by atoms with E-state index in [4.69, 9.17) is 0 Å². The minimum atomic E-state index is -0.478. The third kappa shape index (κ3) is 3.59. The summed E-state index contributed by atoms with van der Waals surface area (Å²) in [7, 11) is 6.72. The second kappa shape index (κ2) is 6.57. The van der Waals surface area contributed by atoms with Crippen LogP contribution in [0.5, 0.6) is 0 Å². The molecule has 0 aromatic carbocycles. The zero-order chi connectivity index (χ0) is 12.3. The molecule has 5 atom stereocenters. The van der Waals surface area contributed by atoms with E-state index in [1.165, 1.54) is 0 Å². The molecule has 0 aromatic rings. The number of aliphatic hydroxyl groups excluding tert-OH is 1. The molecule has 1 aliphatic heterocycles. The van der Waals surface area contributed by atoms with Crippen molar-refractivity contribution in [2.45, 2.75) is 31.9 Å². The Balaban J connectivity index is 2.54. The van der Waals surface area contributed by atoms with Gasteiger partial charge in [-0.15, -0.1) is 0 Å². The molecule has 16 heavy (non-hydrogen) atoms. The summed E-state index contributed by atoms with van der Waals surface area (Å²) >= 11 is 0. The molecule has 94 valence electrons. The topological polar surface area (TPSA) is 52.6 Å². The highest BCUT2D eigenvalue weighted by atomic mass is 32.4. The summed E-state index contributed by atoms with van der Waals surface area (Å²) in [4.78, 5) is 12.0. The maximum Gasteiger partial charge on any atom is 0.229 e. The molecule has 1 amide bonds. The van der Waals surface area contributed by atoms with Crippen LogP contribution in [0.1, 0.15) is 19.8 Å². The molecular formula is C9H21N2O2P3. The Hall–Kier alpha value is 0.680. The number of carbonyl (C=O) groups is 1. The highest BCUT2D eigenvalue weighted by Crippen LogP contribution is 2.58. The number of carbonyl (C=O) groups excluding carboxylic acids is 1. The summed E-state index contributed by atoms with van der Waals surface area (Å²) < 4.78 is 1.92. The van der Waals surface area contributed by atoms with Crippen LogP contribution in [0, 0.1) is 5.92 Å². The van der Waals surface area contributed by atoms with Crippen molar-refractivity contribution in [2.24, 2.45) is 5.92 Å². The fraction of sp³-hybridized carbons (Fsp3) is 0.889. The number of hydrogen-bond donors (Lipinski definition) is 2. The quantitative estimate of drug-likeness (QED) is 0.744. The van der Waals surface area contributed by atoms with Crippen molar-refractivity contribution in [3.8, 4) is 0 Å². The molecule has 5 unspecified atom stereocenters. The summed E-state index contributed by atoms with van der Waals surface area (Å²) in [6, 6.07) is 0.00847. The minimum absolute atomic E-state index is 0.00847. The van der Waals surface area contributed by atoms with Crippen LogP contribution < -0.4 is 5.32 Å². The number of aliphatic hydroxyl groups is 1. The van der Waals surface area contributed by atoms with E-state index in [-0.39, 0.29) is 17.9 Å². The third-order valence-corrected chi connectivity index (χ3v) is 5.69. The van der Waals surface area contributed by atoms with E-state index in [1.807, 2.05) is 11.7 Å². The molecule has 0 radical (unpaired) electrons. The number of nitrogens with zero attached hydrogens (tertiary/aromatic N) is 1. The van der Waals surface area contributed by atoms with Gasteiger partial charge < -0.3 is 15.1 Å². The number of hydrogen-bond acceptors (Lipinski definition) is 3. The van der Waals surface area contributed by atoms with E-state index in [9.17, 15) is 9.90 Å². The molecule has 1 aliphatic rings. The number of rotatable bonds is 5. The van der Waals surface area contributed by atoms with Crippen LogP contribution in [-0.4, -0.2) is 41.4 Å². The SMILES string of the molecule is CNC(CC1CCN(P(P)P)C1=O)C(C)O. The predicted octanol–water partition coefficient (Wildman–Crippen LogP) is 1.17. The van der Waals surface area contributed by atoms with Crippen molar-refractivity contribution in [1.29, 1.82) is 0 Å². The van der Waals surface area contributed by atoms with Gasteiger partial charge in [0.1, 0.15) is 0 Å². The van der Waals surface area contributed by atoms with Crippen molar-refractivity contribution >= 4 is 31.2 Å². The van der Waals surface area contributed by atoms with Crippen LogP contribution in [0.3, 0.4) is 0 Å². The summed E-state index contributed by atoms with van der Waals surface area (Å²) in [6.45, 7) is 2.61. The zero-order valence-electron chi connectivity index (χ0n) is 9.76. The molecule has 0 aromatic heterocycles. The highest BCUT2D eigenvalue weighted by Gasteiger charge is 2.35. The van der Waals surface area contributed by atoms with Gasteiger partial charge >= 0.3 is 0 Å². The van der Waals surface area contributed by atoms with Gasteiger partial charge in [-0.1, -0.05) is 17.9 Å². The van der Waals surface area contributed by atoms with E-state index in [1.54, 1.807) is 6.92 Å². The van der Waals surface area contributed by atoms with Gasteiger partial charge in [-0.05, 0) is 26.8 Å². The standard InChI is InChI=1S/C9H21N2O2P3/c1-6(12)8(10-2)5-7-3-4-11(9(7)13)16(14)15/h6-8,10,12H,3-5,14-15H2,1-2H3. The Morgan fingerprint density at radius 2 is 2.31 bits per heavy atom. The maximum atomic E-state index is 12.0. The zero-order valence-corrected chi connectivity index (χ0v) is 13.0. The van der Waals surface area contributed by atoms with E-state index >= 15 is 0 Å². The van der Waals surface area contributed by atoms with Crippen LogP contribution in [-0.2, 0) is 4.79 Å². The smallest absolute Gasteiger partial charge is 0.229 e. The Morgan fingerprint density at radius 1 is 1.69 bits per heavy atom. The molecule has 0 spiro atoms. The first-order chi connectivity index (χ1) is 7.47. The lowest BCUT2D eigenvalue weighted by molar-refractivity contribution is -0.127. The fourth-order valence-electron chi connectivity index (χ4n) is 2.03. The molecular weight excluding hydrogens is 261 g/mol. The van der Waals surface area contributed by atoms with E-state index in [0.29, 0.717) is 0 Å². The van der Waals surface area contributed by atoms with Gasteiger partial charge in [0, 0.05) is 26.0 Å². The highest BCUT2D eigenvalue weighted by molar-refractivity contribution is 8.42. The monoisotopic (exact) mass is 282 g/mol. The normalized spacial score (nSPS) is 25.2. The Labute approximate surface area is 103 Å². The Kier molecular flexibility index (Phi) is 6.05.